The van der Waals surface area contributed by atoms with Crippen molar-refractivity contribution in [2.24, 2.45) is 0 Å². The van der Waals surface area contributed by atoms with Gasteiger partial charge in [0.1, 0.15) is 0 Å². The topological polar surface area (TPSA) is 21.1 Å². The fourth-order valence-corrected chi connectivity index (χ4v) is 7.21. The lowest BCUT2D eigenvalue weighted by Crippen LogP contribution is -2.12. The predicted octanol–water partition coefficient (Wildman–Crippen LogP) is 13.0. The number of fused-ring (bicyclic) bond motifs is 3. The molecule has 0 amide bonds. The average Bonchev–Trinajstić information content (AvgIpc) is 3.54. The first-order chi connectivity index (χ1) is 25.2. The van der Waals surface area contributed by atoms with Gasteiger partial charge in [0.2, 0.25) is 0 Å². The van der Waals surface area contributed by atoms with E-state index in [0.29, 0.717) is 0 Å². The standard InChI is InChI=1S/C48H35N3/c1-34-15-11-13-23-46(34)50(41-32-44(36-16-5-2-6-17-36)49-45(33-41)37-18-7-3-8-19-37)40-28-25-35(26-29-40)38-27-30-48-43(31-38)42-22-12-14-24-47(42)51(48)39-20-9-4-10-21-39/h2-33H,1H3. The molecule has 3 heteroatoms. The van der Waals surface area contributed by atoms with Gasteiger partial charge in [-0.15, -0.1) is 0 Å². The predicted molar refractivity (Wildman–Crippen MR) is 214 cm³/mol. The minimum Gasteiger partial charge on any atom is -0.310 e. The van der Waals surface area contributed by atoms with Crippen LogP contribution >= 0.6 is 0 Å². The van der Waals surface area contributed by atoms with Gasteiger partial charge in [-0.2, -0.15) is 0 Å². The maximum absolute atomic E-state index is 5.16. The maximum Gasteiger partial charge on any atom is 0.0730 e. The van der Waals surface area contributed by atoms with Gasteiger partial charge in [0, 0.05) is 39.0 Å². The van der Waals surface area contributed by atoms with E-state index in [2.05, 4.69) is 198 Å². The lowest BCUT2D eigenvalue weighted by molar-refractivity contribution is 1.18. The molecule has 0 fully saturated rings. The van der Waals surface area contributed by atoms with Crippen LogP contribution in [0.15, 0.2) is 194 Å². The smallest absolute Gasteiger partial charge is 0.0730 e. The average molecular weight is 654 g/mol. The molecule has 0 aliphatic carbocycles. The third-order valence-electron chi connectivity index (χ3n) is 9.71. The van der Waals surface area contributed by atoms with Crippen molar-refractivity contribution in [1.82, 2.24) is 9.55 Å². The summed E-state index contributed by atoms with van der Waals surface area (Å²) in [7, 11) is 0. The highest BCUT2D eigenvalue weighted by Gasteiger charge is 2.19. The SMILES string of the molecule is Cc1ccccc1N(c1ccc(-c2ccc3c(c2)c2ccccc2n3-c2ccccc2)cc1)c1cc(-c2ccccc2)nc(-c2ccccc2)c1. The Hall–Kier alpha value is -6.71. The number of aryl methyl sites for hydroxylation is 1. The second-order valence-corrected chi connectivity index (χ2v) is 12.9. The first-order valence-electron chi connectivity index (χ1n) is 17.4. The number of anilines is 3. The van der Waals surface area contributed by atoms with Gasteiger partial charge in [-0.05, 0) is 84.3 Å². The van der Waals surface area contributed by atoms with E-state index >= 15 is 0 Å². The van der Waals surface area contributed by atoms with Gasteiger partial charge in [0.05, 0.1) is 28.1 Å². The minimum atomic E-state index is 0.935. The van der Waals surface area contributed by atoms with Gasteiger partial charge in [0.15, 0.2) is 0 Å². The summed E-state index contributed by atoms with van der Waals surface area (Å²) >= 11 is 0. The lowest BCUT2D eigenvalue weighted by Gasteiger charge is -2.28. The number of benzene rings is 7. The van der Waals surface area contributed by atoms with Crippen LogP contribution in [0.2, 0.25) is 0 Å². The Bertz CT molecular complexity index is 2570. The summed E-state index contributed by atoms with van der Waals surface area (Å²) in [6.07, 6.45) is 0. The number of pyridine rings is 1. The quantitative estimate of drug-likeness (QED) is 0.171. The molecule has 0 aliphatic heterocycles. The number of hydrogen-bond acceptors (Lipinski definition) is 2. The Morgan fingerprint density at radius 2 is 0.961 bits per heavy atom. The number of para-hydroxylation sites is 3. The van der Waals surface area contributed by atoms with E-state index in [4.69, 9.17) is 4.98 Å². The normalized spacial score (nSPS) is 11.2. The van der Waals surface area contributed by atoms with E-state index in [1.165, 1.54) is 44.2 Å². The summed E-state index contributed by atoms with van der Waals surface area (Å²) < 4.78 is 2.36. The number of rotatable bonds is 7. The molecule has 0 unspecified atom stereocenters. The van der Waals surface area contributed by atoms with Crippen LogP contribution in [0.4, 0.5) is 17.1 Å². The Labute approximate surface area is 298 Å². The Morgan fingerprint density at radius 1 is 0.412 bits per heavy atom. The van der Waals surface area contributed by atoms with Crippen molar-refractivity contribution in [3.05, 3.63) is 200 Å². The molecule has 0 aliphatic rings. The molecule has 0 N–H and O–H groups in total. The third kappa shape index (κ3) is 5.65. The molecule has 0 radical (unpaired) electrons. The number of hydrogen-bond donors (Lipinski definition) is 0. The Morgan fingerprint density at radius 3 is 1.63 bits per heavy atom. The molecule has 0 atom stereocenters. The van der Waals surface area contributed by atoms with Gasteiger partial charge in [-0.25, -0.2) is 4.98 Å². The molecular weight excluding hydrogens is 619 g/mol. The van der Waals surface area contributed by atoms with Crippen molar-refractivity contribution in [3.8, 4) is 39.3 Å². The zero-order valence-corrected chi connectivity index (χ0v) is 28.3. The maximum atomic E-state index is 5.16. The van der Waals surface area contributed by atoms with Crippen molar-refractivity contribution in [3.63, 3.8) is 0 Å². The second kappa shape index (κ2) is 13.0. The van der Waals surface area contributed by atoms with Crippen LogP contribution in [0.1, 0.15) is 5.56 Å². The van der Waals surface area contributed by atoms with Crippen LogP contribution in [0, 0.1) is 6.92 Å². The molecule has 0 saturated carbocycles. The largest absolute Gasteiger partial charge is 0.310 e. The highest BCUT2D eigenvalue weighted by molar-refractivity contribution is 6.10. The molecule has 2 aromatic heterocycles. The summed E-state index contributed by atoms with van der Waals surface area (Å²) in [6.45, 7) is 2.18. The van der Waals surface area contributed by atoms with E-state index in [0.717, 1.165) is 39.6 Å². The van der Waals surface area contributed by atoms with Crippen molar-refractivity contribution < 1.29 is 0 Å². The Kier molecular flexibility index (Phi) is 7.71. The minimum absolute atomic E-state index is 0.935. The number of nitrogens with zero attached hydrogens (tertiary/aromatic N) is 3. The van der Waals surface area contributed by atoms with Gasteiger partial charge >= 0.3 is 0 Å². The van der Waals surface area contributed by atoms with Crippen LogP contribution in [0.25, 0.3) is 61.1 Å². The highest BCUT2D eigenvalue weighted by atomic mass is 15.1. The molecule has 9 rings (SSSR count). The fourth-order valence-electron chi connectivity index (χ4n) is 7.21. The van der Waals surface area contributed by atoms with Crippen molar-refractivity contribution in [1.29, 1.82) is 0 Å². The molecule has 7 aromatic carbocycles. The van der Waals surface area contributed by atoms with Gasteiger partial charge < -0.3 is 9.47 Å². The molecule has 9 aromatic rings. The summed E-state index contributed by atoms with van der Waals surface area (Å²) in [5, 5.41) is 2.50. The van der Waals surface area contributed by atoms with Crippen LogP contribution in [-0.2, 0) is 0 Å². The summed E-state index contributed by atoms with van der Waals surface area (Å²) in [4.78, 5) is 7.52. The summed E-state index contributed by atoms with van der Waals surface area (Å²) in [5.41, 5.74) is 14.4. The molecule has 242 valence electrons. The first-order valence-corrected chi connectivity index (χ1v) is 17.4. The molecule has 2 heterocycles. The highest BCUT2D eigenvalue weighted by Crippen LogP contribution is 2.41. The zero-order valence-electron chi connectivity index (χ0n) is 28.3. The molecule has 3 nitrogen and oxygen atoms in total. The van der Waals surface area contributed by atoms with E-state index in [1.807, 2.05) is 12.1 Å². The van der Waals surface area contributed by atoms with Crippen molar-refractivity contribution in [2.75, 3.05) is 4.90 Å². The van der Waals surface area contributed by atoms with Crippen molar-refractivity contribution in [2.45, 2.75) is 6.92 Å². The fraction of sp³-hybridized carbons (Fsp3) is 0.0208. The van der Waals surface area contributed by atoms with Crippen LogP contribution in [0.5, 0.6) is 0 Å². The van der Waals surface area contributed by atoms with E-state index in [9.17, 15) is 0 Å². The zero-order chi connectivity index (χ0) is 34.1. The molecule has 0 saturated heterocycles. The van der Waals surface area contributed by atoms with Crippen LogP contribution in [-0.4, -0.2) is 9.55 Å². The van der Waals surface area contributed by atoms with E-state index in [1.54, 1.807) is 0 Å². The van der Waals surface area contributed by atoms with Gasteiger partial charge in [0.25, 0.3) is 0 Å². The van der Waals surface area contributed by atoms with Crippen LogP contribution < -0.4 is 4.90 Å². The van der Waals surface area contributed by atoms with Crippen molar-refractivity contribution >= 4 is 38.9 Å². The lowest BCUT2D eigenvalue weighted by atomic mass is 10.0. The summed E-state index contributed by atoms with van der Waals surface area (Å²) in [6, 6.07) is 69.0. The first kappa shape index (κ1) is 30.4. The van der Waals surface area contributed by atoms with E-state index in [-0.39, 0.29) is 0 Å². The molecular formula is C48H35N3. The summed E-state index contributed by atoms with van der Waals surface area (Å²) in [5.74, 6) is 0. The monoisotopic (exact) mass is 653 g/mol. The van der Waals surface area contributed by atoms with Gasteiger partial charge in [-0.1, -0.05) is 133 Å². The molecule has 0 bridgehead atoms. The molecule has 51 heavy (non-hydrogen) atoms. The second-order valence-electron chi connectivity index (χ2n) is 12.9. The molecule has 0 spiro atoms. The van der Waals surface area contributed by atoms with Gasteiger partial charge in [-0.3, -0.25) is 0 Å². The van der Waals surface area contributed by atoms with E-state index < -0.39 is 0 Å². The van der Waals surface area contributed by atoms with Crippen LogP contribution in [0.3, 0.4) is 0 Å². The number of aromatic nitrogens is 2. The third-order valence-corrected chi connectivity index (χ3v) is 9.71. The Balaban J connectivity index is 1.17.